The Kier molecular flexibility index (Phi) is 4.55. The molecule has 3 N–H and O–H groups in total. The van der Waals surface area contributed by atoms with E-state index in [1.54, 1.807) is 24.3 Å². The lowest BCUT2D eigenvalue weighted by molar-refractivity contribution is -0.122. The van der Waals surface area contributed by atoms with Gasteiger partial charge in [0.2, 0.25) is 5.91 Å². The first-order chi connectivity index (χ1) is 9.04. The normalized spacial score (nSPS) is 21.4. The molecule has 1 aromatic carbocycles. The molecule has 0 spiro atoms. The van der Waals surface area contributed by atoms with Gasteiger partial charge in [-0.15, -0.1) is 0 Å². The highest BCUT2D eigenvalue weighted by molar-refractivity contribution is 9.10. The lowest BCUT2D eigenvalue weighted by Crippen LogP contribution is -2.49. The maximum Gasteiger partial charge on any atom is 0.251 e. The molecule has 1 aromatic rings. The van der Waals surface area contributed by atoms with Gasteiger partial charge in [0.25, 0.3) is 5.91 Å². The van der Waals surface area contributed by atoms with Gasteiger partial charge >= 0.3 is 0 Å². The molecule has 0 unspecified atom stereocenters. The van der Waals surface area contributed by atoms with Crippen LogP contribution in [0.15, 0.2) is 28.7 Å². The Balaban J connectivity index is 1.74. The highest BCUT2D eigenvalue weighted by Crippen LogP contribution is 2.18. The number of amides is 2. The molecule has 1 aliphatic carbocycles. The summed E-state index contributed by atoms with van der Waals surface area (Å²) in [6, 6.07) is 6.93. The molecule has 102 valence electrons. The van der Waals surface area contributed by atoms with Crippen LogP contribution in [0.2, 0.25) is 0 Å². The fourth-order valence-electron chi connectivity index (χ4n) is 1.85. The number of carbonyl (C=O) groups excluding carboxylic acids is 2. The molecule has 2 rings (SSSR count). The second kappa shape index (κ2) is 6.16. The van der Waals surface area contributed by atoms with Gasteiger partial charge in [0.1, 0.15) is 0 Å². The van der Waals surface area contributed by atoms with Gasteiger partial charge < -0.3 is 15.7 Å². The summed E-state index contributed by atoms with van der Waals surface area (Å²) in [5, 5.41) is 14.4. The third-order valence-corrected chi connectivity index (χ3v) is 3.52. The molecule has 0 heterocycles. The topological polar surface area (TPSA) is 78.4 Å². The maximum atomic E-state index is 11.7. The summed E-state index contributed by atoms with van der Waals surface area (Å²) >= 11 is 3.29. The minimum Gasteiger partial charge on any atom is -0.393 e. The Hall–Kier alpha value is -1.40. The molecule has 0 atom stereocenters. The summed E-state index contributed by atoms with van der Waals surface area (Å²) in [4.78, 5) is 23.3. The van der Waals surface area contributed by atoms with Crippen molar-refractivity contribution in [3.05, 3.63) is 34.3 Å². The van der Waals surface area contributed by atoms with Crippen molar-refractivity contribution >= 4 is 27.7 Å². The van der Waals surface area contributed by atoms with Crippen LogP contribution < -0.4 is 10.6 Å². The van der Waals surface area contributed by atoms with E-state index in [-0.39, 0.29) is 30.5 Å². The van der Waals surface area contributed by atoms with Crippen LogP contribution in [-0.2, 0) is 4.79 Å². The van der Waals surface area contributed by atoms with Gasteiger partial charge in [0.05, 0.1) is 12.6 Å². The number of halogens is 1. The van der Waals surface area contributed by atoms with Crippen LogP contribution in [0.4, 0.5) is 0 Å². The molecule has 5 nitrogen and oxygen atoms in total. The van der Waals surface area contributed by atoms with Crippen LogP contribution >= 0.6 is 15.9 Å². The largest absolute Gasteiger partial charge is 0.393 e. The van der Waals surface area contributed by atoms with Crippen molar-refractivity contribution < 1.29 is 14.7 Å². The molecule has 1 fully saturated rings. The zero-order valence-electron chi connectivity index (χ0n) is 10.2. The fourth-order valence-corrected chi connectivity index (χ4v) is 2.11. The molecule has 0 saturated heterocycles. The predicted octanol–water partition coefficient (Wildman–Crippen LogP) is 0.818. The number of hydrogen-bond acceptors (Lipinski definition) is 3. The lowest BCUT2D eigenvalue weighted by Gasteiger charge is -2.31. The summed E-state index contributed by atoms with van der Waals surface area (Å²) < 4.78 is 0.894. The quantitative estimate of drug-likeness (QED) is 0.766. The van der Waals surface area contributed by atoms with Gasteiger partial charge in [-0.3, -0.25) is 9.59 Å². The van der Waals surface area contributed by atoms with Gasteiger partial charge in [-0.1, -0.05) is 15.9 Å². The first-order valence-corrected chi connectivity index (χ1v) is 6.85. The standard InChI is InChI=1S/C13H15BrN2O3/c14-9-3-1-8(2-4-9)13(19)15-7-12(18)16-10-5-11(17)6-10/h1-4,10-11,17H,5-7H2,(H,15,19)(H,16,18). The Morgan fingerprint density at radius 2 is 1.89 bits per heavy atom. The summed E-state index contributed by atoms with van der Waals surface area (Å²) in [6.07, 6.45) is 0.876. The van der Waals surface area contributed by atoms with Gasteiger partial charge in [0, 0.05) is 16.1 Å². The molecule has 0 radical (unpaired) electrons. The second-order valence-electron chi connectivity index (χ2n) is 4.58. The fraction of sp³-hybridized carbons (Fsp3) is 0.385. The highest BCUT2D eigenvalue weighted by atomic mass is 79.9. The first-order valence-electron chi connectivity index (χ1n) is 6.06. The zero-order chi connectivity index (χ0) is 13.8. The third kappa shape index (κ3) is 4.04. The number of aliphatic hydroxyl groups is 1. The molecule has 1 aliphatic rings. The number of hydrogen-bond donors (Lipinski definition) is 3. The Morgan fingerprint density at radius 1 is 1.26 bits per heavy atom. The van der Waals surface area contributed by atoms with Gasteiger partial charge in [-0.25, -0.2) is 0 Å². The molecule has 6 heteroatoms. The SMILES string of the molecule is O=C(CNC(=O)c1ccc(Br)cc1)NC1CC(O)C1. The van der Waals surface area contributed by atoms with E-state index in [4.69, 9.17) is 5.11 Å². The van der Waals surface area contributed by atoms with E-state index in [0.717, 1.165) is 4.47 Å². The van der Waals surface area contributed by atoms with Crippen LogP contribution in [0.3, 0.4) is 0 Å². The second-order valence-corrected chi connectivity index (χ2v) is 5.49. The van der Waals surface area contributed by atoms with Crippen molar-refractivity contribution in [2.75, 3.05) is 6.54 Å². The highest BCUT2D eigenvalue weighted by Gasteiger charge is 2.28. The van der Waals surface area contributed by atoms with E-state index in [0.29, 0.717) is 18.4 Å². The maximum absolute atomic E-state index is 11.7. The molecule has 19 heavy (non-hydrogen) atoms. The lowest BCUT2D eigenvalue weighted by atomic mass is 9.89. The number of benzene rings is 1. The number of rotatable bonds is 4. The third-order valence-electron chi connectivity index (χ3n) is 2.99. The average Bonchev–Trinajstić information content (AvgIpc) is 2.35. The molecule has 0 bridgehead atoms. The van der Waals surface area contributed by atoms with Gasteiger partial charge in [-0.05, 0) is 37.1 Å². The van der Waals surface area contributed by atoms with Crippen molar-refractivity contribution in [3.63, 3.8) is 0 Å². The number of carbonyl (C=O) groups is 2. The molecule has 1 saturated carbocycles. The van der Waals surface area contributed by atoms with E-state index < -0.39 is 0 Å². The van der Waals surface area contributed by atoms with E-state index in [1.165, 1.54) is 0 Å². The van der Waals surface area contributed by atoms with Gasteiger partial charge in [-0.2, -0.15) is 0 Å². The molecular formula is C13H15BrN2O3. The molecule has 0 aliphatic heterocycles. The van der Waals surface area contributed by atoms with Crippen LogP contribution in [0, 0.1) is 0 Å². The summed E-state index contributed by atoms with van der Waals surface area (Å²) in [6.45, 7) is -0.0541. The van der Waals surface area contributed by atoms with Crippen molar-refractivity contribution in [2.24, 2.45) is 0 Å². The van der Waals surface area contributed by atoms with Crippen molar-refractivity contribution in [2.45, 2.75) is 25.0 Å². The van der Waals surface area contributed by atoms with E-state index in [1.807, 2.05) is 0 Å². The minimum absolute atomic E-state index is 0.0343. The van der Waals surface area contributed by atoms with Crippen molar-refractivity contribution in [1.29, 1.82) is 0 Å². The predicted molar refractivity (Wildman–Crippen MR) is 73.6 cm³/mol. The zero-order valence-corrected chi connectivity index (χ0v) is 11.8. The smallest absolute Gasteiger partial charge is 0.251 e. The minimum atomic E-state index is -0.303. The van der Waals surface area contributed by atoms with Crippen molar-refractivity contribution in [3.8, 4) is 0 Å². The number of nitrogens with one attached hydrogen (secondary N) is 2. The van der Waals surface area contributed by atoms with E-state index in [2.05, 4.69) is 26.6 Å². The average molecular weight is 327 g/mol. The Morgan fingerprint density at radius 3 is 2.47 bits per heavy atom. The monoisotopic (exact) mass is 326 g/mol. The first kappa shape index (κ1) is 14.0. The summed E-state index contributed by atoms with van der Waals surface area (Å²) in [5.41, 5.74) is 0.509. The molecular weight excluding hydrogens is 312 g/mol. The Bertz CT molecular complexity index is 469. The molecule has 2 amide bonds. The number of aliphatic hydroxyl groups excluding tert-OH is 1. The van der Waals surface area contributed by atoms with E-state index >= 15 is 0 Å². The van der Waals surface area contributed by atoms with Crippen molar-refractivity contribution in [1.82, 2.24) is 10.6 Å². The summed E-state index contributed by atoms with van der Waals surface area (Å²) in [5.74, 6) is -0.515. The van der Waals surface area contributed by atoms with Crippen LogP contribution in [0.5, 0.6) is 0 Å². The summed E-state index contributed by atoms with van der Waals surface area (Å²) in [7, 11) is 0. The van der Waals surface area contributed by atoms with Gasteiger partial charge in [0.15, 0.2) is 0 Å². The van der Waals surface area contributed by atoms with Crippen LogP contribution in [-0.4, -0.2) is 35.6 Å². The van der Waals surface area contributed by atoms with Crippen LogP contribution in [0.1, 0.15) is 23.2 Å². The van der Waals surface area contributed by atoms with E-state index in [9.17, 15) is 9.59 Å². The Labute approximate surface area is 119 Å². The molecule has 0 aromatic heterocycles. The van der Waals surface area contributed by atoms with Crippen LogP contribution in [0.25, 0.3) is 0 Å².